The average Bonchev–Trinajstić information content (AvgIpc) is 2.54. The molecular formula is C20H30O4. The molecule has 0 amide bonds. The van der Waals surface area contributed by atoms with Crippen molar-refractivity contribution in [3.63, 3.8) is 0 Å². The average molecular weight is 334 g/mol. The van der Waals surface area contributed by atoms with Crippen molar-refractivity contribution in [2.24, 2.45) is 22.7 Å². The van der Waals surface area contributed by atoms with Gasteiger partial charge in [-0.15, -0.1) is 0 Å². The molecule has 0 aromatic heterocycles. The van der Waals surface area contributed by atoms with E-state index in [2.05, 4.69) is 20.1 Å². The van der Waals surface area contributed by atoms with Gasteiger partial charge in [-0.05, 0) is 49.4 Å². The van der Waals surface area contributed by atoms with Crippen molar-refractivity contribution in [2.45, 2.75) is 52.1 Å². The largest absolute Gasteiger partial charge is 0.432 e. The van der Waals surface area contributed by atoms with Gasteiger partial charge in [-0.2, -0.15) is 0 Å². The second kappa shape index (κ2) is 7.24. The molecule has 0 unspecified atom stereocenters. The lowest BCUT2D eigenvalue weighted by Crippen LogP contribution is -2.57. The van der Waals surface area contributed by atoms with E-state index in [9.17, 15) is 15.0 Å². The molecule has 0 saturated heterocycles. The molecule has 2 aliphatic carbocycles. The number of esters is 1. The van der Waals surface area contributed by atoms with E-state index in [0.29, 0.717) is 6.42 Å². The molecule has 5 atom stereocenters. The maximum absolute atomic E-state index is 11.5. The van der Waals surface area contributed by atoms with Gasteiger partial charge in [0.2, 0.25) is 0 Å². The molecule has 0 aromatic rings. The Bertz CT molecular complexity index is 538. The molecule has 134 valence electrons. The number of hydrogen-bond acceptors (Lipinski definition) is 4. The number of aliphatic hydroxyl groups is 2. The van der Waals surface area contributed by atoms with Gasteiger partial charge in [-0.3, -0.25) is 0 Å². The van der Waals surface area contributed by atoms with Crippen molar-refractivity contribution >= 4 is 5.97 Å². The van der Waals surface area contributed by atoms with Gasteiger partial charge in [0.05, 0.1) is 19.0 Å². The zero-order valence-electron chi connectivity index (χ0n) is 14.8. The van der Waals surface area contributed by atoms with Crippen LogP contribution in [0.4, 0.5) is 0 Å². The highest BCUT2D eigenvalue weighted by molar-refractivity contribution is 5.82. The third-order valence-electron chi connectivity index (χ3n) is 6.52. The first kappa shape index (κ1) is 18.9. The van der Waals surface area contributed by atoms with Gasteiger partial charge in [-0.25, -0.2) is 4.79 Å². The fourth-order valence-corrected chi connectivity index (χ4v) is 5.06. The molecule has 0 heterocycles. The van der Waals surface area contributed by atoms with E-state index in [0.717, 1.165) is 31.9 Å². The normalized spacial score (nSPS) is 39.5. The molecule has 0 aliphatic heterocycles. The number of carbonyl (C=O) groups is 1. The second-order valence-electron chi connectivity index (χ2n) is 7.77. The van der Waals surface area contributed by atoms with E-state index >= 15 is 0 Å². The number of rotatable bonds is 5. The van der Waals surface area contributed by atoms with Gasteiger partial charge in [0.1, 0.15) is 0 Å². The first-order valence-corrected chi connectivity index (χ1v) is 8.74. The number of allylic oxidation sites excluding steroid dienone is 2. The van der Waals surface area contributed by atoms with Gasteiger partial charge in [0, 0.05) is 11.5 Å². The van der Waals surface area contributed by atoms with Crippen molar-refractivity contribution in [1.82, 2.24) is 0 Å². The predicted octanol–water partition coefficient (Wildman–Crippen LogP) is 3.36. The predicted molar refractivity (Wildman–Crippen MR) is 93.9 cm³/mol. The van der Waals surface area contributed by atoms with Crippen LogP contribution in [0.25, 0.3) is 0 Å². The summed E-state index contributed by atoms with van der Waals surface area (Å²) in [5, 5.41) is 20.4. The molecule has 2 fully saturated rings. The van der Waals surface area contributed by atoms with Crippen LogP contribution < -0.4 is 0 Å². The van der Waals surface area contributed by atoms with Crippen LogP contribution in [0.2, 0.25) is 0 Å². The highest BCUT2D eigenvalue weighted by Crippen LogP contribution is 2.61. The Morgan fingerprint density at radius 1 is 1.42 bits per heavy atom. The highest BCUT2D eigenvalue weighted by Gasteiger charge is 2.57. The Hall–Kier alpha value is -1.39. The second-order valence-corrected chi connectivity index (χ2v) is 7.77. The summed E-state index contributed by atoms with van der Waals surface area (Å²) in [6.45, 7) is 11.9. The minimum absolute atomic E-state index is 0.00484. The molecule has 0 bridgehead atoms. The van der Waals surface area contributed by atoms with Gasteiger partial charge in [-0.1, -0.05) is 38.7 Å². The SMILES string of the molecule is C=COC(=O)/C=C/C[C@H]1C(=C)CC[C@@H]2[C@](C)(CO)[C@H](O)CC[C@]21C. The minimum Gasteiger partial charge on any atom is -0.432 e. The van der Waals surface area contributed by atoms with E-state index < -0.39 is 17.5 Å². The van der Waals surface area contributed by atoms with E-state index in [1.165, 1.54) is 11.6 Å². The van der Waals surface area contributed by atoms with E-state index in [1.807, 2.05) is 13.0 Å². The molecule has 2 rings (SSSR count). The van der Waals surface area contributed by atoms with Gasteiger partial charge in [0.25, 0.3) is 0 Å². The fourth-order valence-electron chi connectivity index (χ4n) is 5.06. The summed E-state index contributed by atoms with van der Waals surface area (Å²) in [6, 6.07) is 0. The quantitative estimate of drug-likeness (QED) is 0.350. The van der Waals surface area contributed by atoms with Crippen LogP contribution in [0.15, 0.2) is 37.1 Å². The van der Waals surface area contributed by atoms with Gasteiger partial charge in [0.15, 0.2) is 0 Å². The first-order chi connectivity index (χ1) is 11.3. The van der Waals surface area contributed by atoms with Crippen LogP contribution in [0, 0.1) is 22.7 Å². The fraction of sp³-hybridized carbons (Fsp3) is 0.650. The smallest absolute Gasteiger partial charge is 0.335 e. The van der Waals surface area contributed by atoms with E-state index in [4.69, 9.17) is 4.74 Å². The monoisotopic (exact) mass is 334 g/mol. The minimum atomic E-state index is -0.475. The van der Waals surface area contributed by atoms with Crippen molar-refractivity contribution < 1.29 is 19.7 Å². The zero-order valence-corrected chi connectivity index (χ0v) is 14.8. The third kappa shape index (κ3) is 3.22. The van der Waals surface area contributed by atoms with E-state index in [1.54, 1.807) is 0 Å². The summed E-state index contributed by atoms with van der Waals surface area (Å²) >= 11 is 0. The summed E-state index contributed by atoms with van der Waals surface area (Å²) < 4.78 is 4.70. The first-order valence-electron chi connectivity index (χ1n) is 8.74. The van der Waals surface area contributed by atoms with Crippen molar-refractivity contribution in [3.05, 3.63) is 37.1 Å². The van der Waals surface area contributed by atoms with E-state index in [-0.39, 0.29) is 23.9 Å². The molecular weight excluding hydrogens is 304 g/mol. The van der Waals surface area contributed by atoms with Crippen LogP contribution in [0.3, 0.4) is 0 Å². The summed E-state index contributed by atoms with van der Waals surface area (Å²) in [6.07, 6.45) is 8.10. The van der Waals surface area contributed by atoms with Gasteiger partial charge >= 0.3 is 5.97 Å². The van der Waals surface area contributed by atoms with Crippen LogP contribution in [-0.4, -0.2) is 28.9 Å². The van der Waals surface area contributed by atoms with Crippen molar-refractivity contribution in [2.75, 3.05) is 6.61 Å². The number of hydrogen-bond donors (Lipinski definition) is 2. The lowest BCUT2D eigenvalue weighted by Gasteiger charge is -2.59. The molecule has 0 spiro atoms. The Balaban J connectivity index is 2.23. The number of carbonyl (C=O) groups excluding carboxylic acids is 1. The third-order valence-corrected chi connectivity index (χ3v) is 6.52. The highest BCUT2D eigenvalue weighted by atomic mass is 16.5. The molecule has 2 N–H and O–H groups in total. The summed E-state index contributed by atoms with van der Waals surface area (Å²) in [4.78, 5) is 11.5. The summed E-state index contributed by atoms with van der Waals surface area (Å²) in [5.41, 5.74) is 0.697. The van der Waals surface area contributed by atoms with Crippen molar-refractivity contribution in [3.8, 4) is 0 Å². The number of aliphatic hydroxyl groups excluding tert-OH is 2. The molecule has 24 heavy (non-hydrogen) atoms. The topological polar surface area (TPSA) is 66.8 Å². The van der Waals surface area contributed by atoms with Crippen LogP contribution in [-0.2, 0) is 9.53 Å². The Morgan fingerprint density at radius 2 is 2.12 bits per heavy atom. The van der Waals surface area contributed by atoms with Crippen LogP contribution in [0.1, 0.15) is 46.0 Å². The molecule has 4 heteroatoms. The summed E-state index contributed by atoms with van der Waals surface area (Å²) in [5.74, 6) is 0.0533. The zero-order chi connectivity index (χ0) is 18.0. The maximum atomic E-state index is 11.5. The van der Waals surface area contributed by atoms with Crippen molar-refractivity contribution in [1.29, 1.82) is 0 Å². The lowest BCUT2D eigenvalue weighted by atomic mass is 9.46. The Kier molecular flexibility index (Phi) is 5.71. The van der Waals surface area contributed by atoms with Crippen LogP contribution in [0.5, 0.6) is 0 Å². The molecule has 2 aliphatic rings. The Morgan fingerprint density at radius 3 is 2.75 bits per heavy atom. The number of fused-ring (bicyclic) bond motifs is 1. The Labute approximate surface area is 144 Å². The molecule has 0 aromatic carbocycles. The molecule has 2 saturated carbocycles. The van der Waals surface area contributed by atoms with Crippen LogP contribution >= 0.6 is 0 Å². The molecule has 0 radical (unpaired) electrons. The maximum Gasteiger partial charge on any atom is 0.335 e. The standard InChI is InChI=1S/C20H30O4/c1-5-24-18(23)8-6-7-15-14(2)9-10-16-19(15,3)12-11-17(22)20(16,4)13-21/h5-6,8,15-17,21-22H,1-2,7,9-13H2,3-4H3/b8-6+/t15-,16-,17+,19-,20-/m0/s1. The lowest BCUT2D eigenvalue weighted by molar-refractivity contribution is -0.151. The summed E-state index contributed by atoms with van der Waals surface area (Å²) in [7, 11) is 0. The van der Waals surface area contributed by atoms with Gasteiger partial charge < -0.3 is 14.9 Å². The molecule has 4 nitrogen and oxygen atoms in total. The number of ether oxygens (including phenoxy) is 1.